The third kappa shape index (κ3) is 2.26. The molecule has 96 valence electrons. The van der Waals surface area contributed by atoms with Crippen LogP contribution in [0.15, 0.2) is 12.1 Å². The Morgan fingerprint density at radius 3 is 2.53 bits per heavy atom. The number of rotatable bonds is 1. The molecule has 0 unspecified atom stereocenters. The van der Waals surface area contributed by atoms with Crippen LogP contribution < -0.4 is 11.5 Å². The molecule has 0 amide bonds. The standard InChI is InChI=1S/C11H6Cl2FN5/c12-6-2-1-4(7(13)8(6)14)9-5(3-15)10(16)19-11(17)18-9/h1-2H,(H4,16,17,18,19). The van der Waals surface area contributed by atoms with Crippen molar-refractivity contribution in [2.24, 2.45) is 0 Å². The molecule has 1 aromatic heterocycles. The Balaban J connectivity index is 2.80. The van der Waals surface area contributed by atoms with Crippen LogP contribution in [-0.2, 0) is 0 Å². The lowest BCUT2D eigenvalue weighted by Crippen LogP contribution is -2.05. The van der Waals surface area contributed by atoms with Gasteiger partial charge in [-0.25, -0.2) is 9.37 Å². The summed E-state index contributed by atoms with van der Waals surface area (Å²) in [6.45, 7) is 0. The van der Waals surface area contributed by atoms with E-state index in [4.69, 9.17) is 39.9 Å². The summed E-state index contributed by atoms with van der Waals surface area (Å²) in [5.41, 5.74) is 11.2. The van der Waals surface area contributed by atoms with E-state index in [-0.39, 0.29) is 38.6 Å². The molecule has 8 heteroatoms. The van der Waals surface area contributed by atoms with Gasteiger partial charge in [-0.05, 0) is 12.1 Å². The number of hydrogen-bond acceptors (Lipinski definition) is 5. The van der Waals surface area contributed by atoms with Crippen molar-refractivity contribution in [1.82, 2.24) is 9.97 Å². The number of aromatic nitrogens is 2. The lowest BCUT2D eigenvalue weighted by molar-refractivity contribution is 0.629. The highest BCUT2D eigenvalue weighted by molar-refractivity contribution is 6.36. The second kappa shape index (κ2) is 4.88. The number of nitrogens with two attached hydrogens (primary N) is 2. The zero-order chi connectivity index (χ0) is 14.2. The quantitative estimate of drug-likeness (QED) is 0.788. The molecule has 5 nitrogen and oxygen atoms in total. The summed E-state index contributed by atoms with van der Waals surface area (Å²) in [6.07, 6.45) is 0. The SMILES string of the molecule is N#Cc1c(N)nc(N)nc1-c1ccc(Cl)c(F)c1Cl. The Hall–Kier alpha value is -2.10. The maximum Gasteiger partial charge on any atom is 0.222 e. The summed E-state index contributed by atoms with van der Waals surface area (Å²) in [5.74, 6) is -1.05. The van der Waals surface area contributed by atoms with Gasteiger partial charge in [-0.3, -0.25) is 0 Å². The van der Waals surface area contributed by atoms with Crippen molar-refractivity contribution in [1.29, 1.82) is 5.26 Å². The average molecular weight is 298 g/mol. The summed E-state index contributed by atoms with van der Waals surface area (Å²) in [5, 5.41) is 8.65. The van der Waals surface area contributed by atoms with Crippen molar-refractivity contribution in [2.45, 2.75) is 0 Å². The third-order valence-corrected chi connectivity index (χ3v) is 3.02. The predicted molar refractivity (Wildman–Crippen MR) is 71.0 cm³/mol. The minimum absolute atomic E-state index is 0.0298. The van der Waals surface area contributed by atoms with Crippen LogP contribution in [0.1, 0.15) is 5.56 Å². The molecule has 1 aromatic carbocycles. The van der Waals surface area contributed by atoms with Crippen molar-refractivity contribution in [3.63, 3.8) is 0 Å². The lowest BCUT2D eigenvalue weighted by Gasteiger charge is -2.09. The highest BCUT2D eigenvalue weighted by atomic mass is 35.5. The molecule has 1 heterocycles. The number of hydrogen-bond donors (Lipinski definition) is 2. The number of nitrogens with zero attached hydrogens (tertiary/aromatic N) is 3. The first-order valence-electron chi connectivity index (χ1n) is 4.92. The molecule has 4 N–H and O–H groups in total. The smallest absolute Gasteiger partial charge is 0.222 e. The van der Waals surface area contributed by atoms with E-state index in [0.29, 0.717) is 0 Å². The van der Waals surface area contributed by atoms with E-state index < -0.39 is 5.82 Å². The first kappa shape index (κ1) is 13.3. The van der Waals surface area contributed by atoms with Crippen LogP contribution in [0.5, 0.6) is 0 Å². The van der Waals surface area contributed by atoms with Crippen LogP contribution in [0, 0.1) is 17.1 Å². The van der Waals surface area contributed by atoms with Crippen LogP contribution in [-0.4, -0.2) is 9.97 Å². The van der Waals surface area contributed by atoms with Gasteiger partial charge in [0.2, 0.25) is 5.95 Å². The summed E-state index contributed by atoms with van der Waals surface area (Å²) >= 11 is 11.5. The van der Waals surface area contributed by atoms with E-state index in [2.05, 4.69) is 9.97 Å². The Kier molecular flexibility index (Phi) is 3.42. The van der Waals surface area contributed by atoms with Crippen LogP contribution in [0.4, 0.5) is 16.2 Å². The van der Waals surface area contributed by atoms with Gasteiger partial charge in [-0.1, -0.05) is 23.2 Å². The highest BCUT2D eigenvalue weighted by Crippen LogP contribution is 2.35. The van der Waals surface area contributed by atoms with E-state index in [0.717, 1.165) is 0 Å². The predicted octanol–water partition coefficient (Wildman–Crippen LogP) is 2.63. The molecule has 0 radical (unpaired) electrons. The summed E-state index contributed by atoms with van der Waals surface area (Å²) < 4.78 is 13.7. The van der Waals surface area contributed by atoms with Gasteiger partial charge >= 0.3 is 0 Å². The molecule has 0 saturated heterocycles. The minimum Gasteiger partial charge on any atom is -0.382 e. The van der Waals surface area contributed by atoms with Crippen molar-refractivity contribution in [2.75, 3.05) is 11.5 Å². The first-order valence-corrected chi connectivity index (χ1v) is 5.68. The molecule has 0 spiro atoms. The van der Waals surface area contributed by atoms with Gasteiger partial charge in [0.15, 0.2) is 5.82 Å². The lowest BCUT2D eigenvalue weighted by atomic mass is 10.1. The number of halogens is 3. The second-order valence-corrected chi connectivity index (χ2v) is 4.31. The maximum atomic E-state index is 13.7. The topological polar surface area (TPSA) is 102 Å². The molecular weight excluding hydrogens is 292 g/mol. The number of benzene rings is 1. The van der Waals surface area contributed by atoms with Crippen molar-refractivity contribution in [3.8, 4) is 17.3 Å². The molecular formula is C11H6Cl2FN5. The molecule has 0 fully saturated rings. The monoisotopic (exact) mass is 297 g/mol. The number of nitrogen functional groups attached to an aromatic ring is 2. The van der Waals surface area contributed by atoms with E-state index in [1.54, 1.807) is 0 Å². The molecule has 0 aliphatic carbocycles. The van der Waals surface area contributed by atoms with E-state index in [9.17, 15) is 4.39 Å². The van der Waals surface area contributed by atoms with Crippen molar-refractivity contribution < 1.29 is 4.39 Å². The normalized spacial score (nSPS) is 10.2. The fourth-order valence-electron chi connectivity index (χ4n) is 1.51. The van der Waals surface area contributed by atoms with Crippen LogP contribution in [0.3, 0.4) is 0 Å². The Morgan fingerprint density at radius 1 is 1.21 bits per heavy atom. The number of anilines is 2. The molecule has 2 rings (SSSR count). The van der Waals surface area contributed by atoms with Gasteiger partial charge in [-0.2, -0.15) is 10.2 Å². The molecule has 0 bridgehead atoms. The van der Waals surface area contributed by atoms with Gasteiger partial charge in [-0.15, -0.1) is 0 Å². The zero-order valence-electron chi connectivity index (χ0n) is 9.28. The molecule has 0 aliphatic heterocycles. The summed E-state index contributed by atoms with van der Waals surface area (Å²) in [4.78, 5) is 7.54. The van der Waals surface area contributed by atoms with Crippen molar-refractivity contribution in [3.05, 3.63) is 33.6 Å². The first-order chi connectivity index (χ1) is 8.95. The molecule has 0 aliphatic rings. The van der Waals surface area contributed by atoms with Crippen LogP contribution in [0.25, 0.3) is 11.3 Å². The molecule has 0 saturated carbocycles. The molecule has 2 aromatic rings. The van der Waals surface area contributed by atoms with E-state index >= 15 is 0 Å². The second-order valence-electron chi connectivity index (χ2n) is 3.53. The van der Waals surface area contributed by atoms with E-state index in [1.807, 2.05) is 6.07 Å². The average Bonchev–Trinajstić information content (AvgIpc) is 2.35. The molecule has 19 heavy (non-hydrogen) atoms. The maximum absolute atomic E-state index is 13.7. The van der Waals surface area contributed by atoms with Crippen molar-refractivity contribution >= 4 is 35.0 Å². The largest absolute Gasteiger partial charge is 0.382 e. The molecule has 0 atom stereocenters. The van der Waals surface area contributed by atoms with Gasteiger partial charge < -0.3 is 11.5 Å². The third-order valence-electron chi connectivity index (χ3n) is 2.36. The Labute approximate surface area is 117 Å². The van der Waals surface area contributed by atoms with E-state index in [1.165, 1.54) is 12.1 Å². The van der Waals surface area contributed by atoms with Gasteiger partial charge in [0, 0.05) is 5.56 Å². The summed E-state index contributed by atoms with van der Waals surface area (Å²) in [7, 11) is 0. The Bertz CT molecular complexity index is 711. The Morgan fingerprint density at radius 2 is 1.89 bits per heavy atom. The fraction of sp³-hybridized carbons (Fsp3) is 0. The van der Waals surface area contributed by atoms with Crippen LogP contribution in [0.2, 0.25) is 10.0 Å². The van der Waals surface area contributed by atoms with Gasteiger partial charge in [0.25, 0.3) is 0 Å². The van der Waals surface area contributed by atoms with Gasteiger partial charge in [0.1, 0.15) is 17.5 Å². The number of nitriles is 1. The summed E-state index contributed by atoms with van der Waals surface area (Å²) in [6, 6.07) is 4.56. The highest BCUT2D eigenvalue weighted by Gasteiger charge is 2.18. The minimum atomic E-state index is -0.805. The van der Waals surface area contributed by atoms with Crippen LogP contribution >= 0.6 is 23.2 Å². The van der Waals surface area contributed by atoms with Gasteiger partial charge in [0.05, 0.1) is 15.7 Å². The fourth-order valence-corrected chi connectivity index (χ4v) is 1.97. The zero-order valence-corrected chi connectivity index (χ0v) is 10.8.